The summed E-state index contributed by atoms with van der Waals surface area (Å²) in [6, 6.07) is 0. The molecule has 6 heavy (non-hydrogen) atoms. The molecule has 3 heteroatoms. The third-order valence-electron chi connectivity index (χ3n) is 0.477. The Morgan fingerprint density at radius 3 is 2.33 bits per heavy atom. The molecule has 0 aromatic carbocycles. The second kappa shape index (κ2) is 3.06. The Morgan fingerprint density at radius 2 is 2.33 bits per heavy atom. The van der Waals surface area contributed by atoms with Crippen molar-refractivity contribution in [3.8, 4) is 0 Å². The molecule has 0 aliphatic heterocycles. The van der Waals surface area contributed by atoms with Gasteiger partial charge in [0.2, 0.25) is 0 Å². The van der Waals surface area contributed by atoms with Crippen LogP contribution < -0.4 is 5.32 Å². The molecule has 0 atom stereocenters. The first-order valence-corrected chi connectivity index (χ1v) is 2.36. The summed E-state index contributed by atoms with van der Waals surface area (Å²) >= 11 is 0.480. The predicted molar refractivity (Wildman–Crippen MR) is 27.9 cm³/mol. The van der Waals surface area contributed by atoms with Crippen molar-refractivity contribution in [2.24, 2.45) is 0 Å². The van der Waals surface area contributed by atoms with Gasteiger partial charge in [-0.2, -0.15) is 0 Å². The van der Waals surface area contributed by atoms with E-state index in [-0.39, 0.29) is 0 Å². The Hall–Kier alpha value is -0.150. The van der Waals surface area contributed by atoms with Gasteiger partial charge >= 0.3 is 0 Å². The molecule has 0 aromatic rings. The van der Waals surface area contributed by atoms with Crippen LogP contribution in [-0.2, 0) is 11.3 Å². The molecule has 0 aliphatic carbocycles. The average Bonchev–Trinajstić information content (AvgIpc) is 1.65. The van der Waals surface area contributed by atoms with Gasteiger partial charge in [0.05, 0.1) is 4.99 Å². The Balaban J connectivity index is 3.52. The minimum absolute atomic E-state index is 0.480. The quantitative estimate of drug-likeness (QED) is 0.423. The molecule has 0 spiro atoms. The normalized spacial score (nSPS) is 7.67. The van der Waals surface area contributed by atoms with Gasteiger partial charge in [0.15, 0.2) is 0 Å². The fraction of sp³-hybridized carbons (Fsp3) is 0.667. The summed E-state index contributed by atoms with van der Waals surface area (Å²) in [6.45, 7) is 1.73. The second-order valence-corrected chi connectivity index (χ2v) is 1.67. The lowest BCUT2D eigenvalue weighted by molar-refractivity contribution is 0.700. The van der Waals surface area contributed by atoms with Crippen LogP contribution in [0.15, 0.2) is 0 Å². The van der Waals surface area contributed by atoms with E-state index in [9.17, 15) is 4.21 Å². The highest BCUT2D eigenvalue weighted by Gasteiger charge is 1.73. The summed E-state index contributed by atoms with van der Waals surface area (Å²) in [5, 5.41) is 2.68. The van der Waals surface area contributed by atoms with Crippen LogP contribution in [0, 0.1) is 0 Å². The van der Waals surface area contributed by atoms with Crippen LogP contribution in [0.1, 0.15) is 6.92 Å². The molecule has 0 aliphatic rings. The van der Waals surface area contributed by atoms with Gasteiger partial charge in [-0.1, -0.05) is 0 Å². The summed E-state index contributed by atoms with van der Waals surface area (Å²) in [6.07, 6.45) is 0. The monoisotopic (exact) mass is 105 g/mol. The number of hydrogen-bond acceptors (Lipinski definition) is 1. The van der Waals surface area contributed by atoms with Gasteiger partial charge in [0.1, 0.15) is 11.3 Å². The molecule has 0 fully saturated rings. The molecule has 2 nitrogen and oxygen atoms in total. The number of rotatable bonds is 0. The number of nitrogens with one attached hydrogen (secondary N) is 1. The van der Waals surface area contributed by atoms with Crippen LogP contribution in [-0.4, -0.2) is 16.2 Å². The third-order valence-corrected chi connectivity index (χ3v) is 0.931. The summed E-state index contributed by atoms with van der Waals surface area (Å²) in [5.74, 6) is 0. The zero-order chi connectivity index (χ0) is 4.99. The summed E-state index contributed by atoms with van der Waals surface area (Å²) in [5.41, 5.74) is 0. The molecule has 0 saturated heterocycles. The van der Waals surface area contributed by atoms with Gasteiger partial charge in [0.25, 0.3) is 0 Å². The molecule has 0 radical (unpaired) electrons. The molecule has 0 aromatic heterocycles. The van der Waals surface area contributed by atoms with Gasteiger partial charge < -0.3 is 0 Å². The van der Waals surface area contributed by atoms with Gasteiger partial charge in [-0.25, -0.2) is 4.21 Å². The van der Waals surface area contributed by atoms with Crippen LogP contribution in [0.2, 0.25) is 0 Å². The van der Waals surface area contributed by atoms with Crippen molar-refractivity contribution in [1.82, 2.24) is 5.32 Å². The van der Waals surface area contributed by atoms with Crippen LogP contribution in [0.3, 0.4) is 0 Å². The summed E-state index contributed by atoms with van der Waals surface area (Å²) in [7, 11) is 1.72. The molecular formula is C3H7NOS. The van der Waals surface area contributed by atoms with E-state index >= 15 is 0 Å². The molecular weight excluding hydrogens is 98.1 g/mol. The first-order chi connectivity index (χ1) is 2.81. The SMILES string of the molecule is CNC(C)=S=O. The maximum absolute atomic E-state index is 9.68. The van der Waals surface area contributed by atoms with E-state index < -0.39 is 0 Å². The molecule has 36 valence electrons. The lowest BCUT2D eigenvalue weighted by atomic mass is 10.8. The van der Waals surface area contributed by atoms with Crippen molar-refractivity contribution in [2.75, 3.05) is 7.05 Å². The highest BCUT2D eigenvalue weighted by atomic mass is 32.1. The highest BCUT2D eigenvalue weighted by Crippen LogP contribution is 1.49. The van der Waals surface area contributed by atoms with Crippen LogP contribution in [0.5, 0.6) is 0 Å². The lowest BCUT2D eigenvalue weighted by Crippen LogP contribution is -2.12. The van der Waals surface area contributed by atoms with E-state index in [2.05, 4.69) is 5.32 Å². The van der Waals surface area contributed by atoms with Crippen molar-refractivity contribution in [1.29, 1.82) is 0 Å². The topological polar surface area (TPSA) is 29.1 Å². The fourth-order valence-corrected chi connectivity index (χ4v) is 0.125. The molecule has 0 unspecified atom stereocenters. The lowest BCUT2D eigenvalue weighted by Gasteiger charge is -1.81. The zero-order valence-corrected chi connectivity index (χ0v) is 4.63. The minimum Gasteiger partial charge on any atom is -0.284 e. The van der Waals surface area contributed by atoms with E-state index in [0.717, 1.165) is 0 Å². The average molecular weight is 105 g/mol. The molecule has 0 rings (SSSR count). The van der Waals surface area contributed by atoms with Gasteiger partial charge in [-0.05, 0) is 14.0 Å². The smallest absolute Gasteiger partial charge is 0.104 e. The van der Waals surface area contributed by atoms with E-state index in [1.165, 1.54) is 0 Å². The molecule has 0 amide bonds. The summed E-state index contributed by atoms with van der Waals surface area (Å²) in [4.78, 5) is 0.704. The van der Waals surface area contributed by atoms with Gasteiger partial charge in [-0.3, -0.25) is 5.32 Å². The standard InChI is InChI=1S/C3H7NOS/c1-3(4-2)6-5/h4H,1-2H3. The van der Waals surface area contributed by atoms with E-state index in [1.807, 2.05) is 0 Å². The summed E-state index contributed by atoms with van der Waals surface area (Å²) < 4.78 is 9.68. The van der Waals surface area contributed by atoms with Crippen molar-refractivity contribution < 1.29 is 4.21 Å². The largest absolute Gasteiger partial charge is 0.284 e. The third kappa shape index (κ3) is 2.11. The predicted octanol–water partition coefficient (Wildman–Crippen LogP) is -0.431. The molecule has 0 bridgehead atoms. The Kier molecular flexibility index (Phi) is 2.98. The van der Waals surface area contributed by atoms with Crippen molar-refractivity contribution in [3.63, 3.8) is 0 Å². The maximum Gasteiger partial charge on any atom is 0.104 e. The Labute approximate surface area is 40.6 Å². The van der Waals surface area contributed by atoms with E-state index in [0.29, 0.717) is 16.2 Å². The van der Waals surface area contributed by atoms with Gasteiger partial charge in [0, 0.05) is 0 Å². The zero-order valence-electron chi connectivity index (χ0n) is 3.82. The van der Waals surface area contributed by atoms with Gasteiger partial charge in [-0.15, -0.1) is 0 Å². The molecule has 0 heterocycles. The minimum atomic E-state index is 0.480. The Morgan fingerprint density at radius 1 is 1.83 bits per heavy atom. The number of hydrogen-bond donors (Lipinski definition) is 1. The van der Waals surface area contributed by atoms with Crippen LogP contribution in [0.25, 0.3) is 0 Å². The van der Waals surface area contributed by atoms with Crippen molar-refractivity contribution in [2.45, 2.75) is 6.92 Å². The van der Waals surface area contributed by atoms with Crippen LogP contribution in [0.4, 0.5) is 0 Å². The van der Waals surface area contributed by atoms with Crippen molar-refractivity contribution in [3.05, 3.63) is 0 Å². The van der Waals surface area contributed by atoms with E-state index in [1.54, 1.807) is 14.0 Å². The molecule has 0 saturated carbocycles. The van der Waals surface area contributed by atoms with Crippen molar-refractivity contribution >= 4 is 16.2 Å². The van der Waals surface area contributed by atoms with E-state index in [4.69, 9.17) is 0 Å². The first kappa shape index (κ1) is 5.85. The maximum atomic E-state index is 9.68. The molecule has 1 N–H and O–H groups in total. The fourth-order valence-electron chi connectivity index (χ4n) is 0.0417. The van der Waals surface area contributed by atoms with Crippen LogP contribution >= 0.6 is 0 Å². The highest BCUT2D eigenvalue weighted by molar-refractivity contribution is 7.66. The second-order valence-electron chi connectivity index (χ2n) is 0.890. The first-order valence-electron chi connectivity index (χ1n) is 1.62. The Bertz CT molecular complexity index is 84.8.